The molecule has 2 rings (SSSR count). The molecule has 1 N–H and O–H groups in total. The minimum atomic E-state index is -3.54. The lowest BCUT2D eigenvalue weighted by molar-refractivity contribution is 0.364. The predicted octanol–water partition coefficient (Wildman–Crippen LogP) is 2.68. The van der Waals surface area contributed by atoms with Gasteiger partial charge in [-0.15, -0.1) is 11.6 Å². The first-order valence-electron chi connectivity index (χ1n) is 7.61. The summed E-state index contributed by atoms with van der Waals surface area (Å²) < 4.78 is 29.2. The molecule has 0 amide bonds. The van der Waals surface area contributed by atoms with Crippen molar-refractivity contribution >= 4 is 21.6 Å². The van der Waals surface area contributed by atoms with Crippen molar-refractivity contribution in [2.24, 2.45) is 5.92 Å². The lowest BCUT2D eigenvalue weighted by Crippen LogP contribution is -2.34. The van der Waals surface area contributed by atoms with Gasteiger partial charge in [-0.2, -0.15) is 0 Å². The number of aromatic nitrogens is 2. The molecule has 2 unspecified atom stereocenters. The summed E-state index contributed by atoms with van der Waals surface area (Å²) >= 11 is 6.27. The smallest absolute Gasteiger partial charge is 0.259 e. The van der Waals surface area contributed by atoms with E-state index in [9.17, 15) is 8.42 Å². The van der Waals surface area contributed by atoms with Gasteiger partial charge in [-0.05, 0) is 32.1 Å². The second kappa shape index (κ2) is 7.11. The van der Waals surface area contributed by atoms with Gasteiger partial charge in [-0.25, -0.2) is 18.1 Å². The highest BCUT2D eigenvalue weighted by atomic mass is 35.5. The number of nitrogens with one attached hydrogen (secondary N) is 1. The predicted molar refractivity (Wildman–Crippen MR) is 84.0 cm³/mol. The Morgan fingerprint density at radius 1 is 1.43 bits per heavy atom. The largest absolute Gasteiger partial charge is 0.334 e. The van der Waals surface area contributed by atoms with Gasteiger partial charge in [-0.3, -0.25) is 0 Å². The van der Waals surface area contributed by atoms with Crippen LogP contribution < -0.4 is 4.72 Å². The summed E-state index contributed by atoms with van der Waals surface area (Å²) in [6, 6.07) is 0. The van der Waals surface area contributed by atoms with Crippen molar-refractivity contribution < 1.29 is 8.42 Å². The Kier molecular flexibility index (Phi) is 5.68. The summed E-state index contributed by atoms with van der Waals surface area (Å²) in [7, 11) is -3.54. The molecule has 1 fully saturated rings. The molecular formula is C14H24ClN3O2S. The van der Waals surface area contributed by atoms with Crippen molar-refractivity contribution in [3.8, 4) is 0 Å². The molecule has 0 aliphatic heterocycles. The number of halogens is 1. The molecule has 2 atom stereocenters. The molecule has 0 spiro atoms. The lowest BCUT2D eigenvalue weighted by Gasteiger charge is -2.26. The standard InChI is InChI=1S/C14H24ClN3O2S/c1-3-8-18-10-14(17-11(18)2)21(19,20)16-9-12-6-4-5-7-13(12)15/h10,12-13,16H,3-9H2,1-2H3. The van der Waals surface area contributed by atoms with Crippen LogP contribution in [0.5, 0.6) is 0 Å². The third-order valence-electron chi connectivity index (χ3n) is 4.05. The third-order valence-corrected chi connectivity index (χ3v) is 5.91. The Labute approximate surface area is 132 Å². The van der Waals surface area contributed by atoms with Crippen LogP contribution in [-0.2, 0) is 16.6 Å². The maximum atomic E-state index is 12.3. The van der Waals surface area contributed by atoms with E-state index in [0.29, 0.717) is 6.54 Å². The Bertz CT molecular complexity index is 571. The molecule has 0 bridgehead atoms. The summed E-state index contributed by atoms with van der Waals surface area (Å²) in [4.78, 5) is 4.16. The van der Waals surface area contributed by atoms with Crippen LogP contribution >= 0.6 is 11.6 Å². The first kappa shape index (κ1) is 16.8. The molecule has 5 nitrogen and oxygen atoms in total. The fourth-order valence-electron chi connectivity index (χ4n) is 2.76. The molecule has 0 saturated heterocycles. The fraction of sp³-hybridized carbons (Fsp3) is 0.786. The van der Waals surface area contributed by atoms with E-state index in [-0.39, 0.29) is 16.3 Å². The van der Waals surface area contributed by atoms with E-state index in [0.717, 1.165) is 44.5 Å². The van der Waals surface area contributed by atoms with Crippen molar-refractivity contribution in [3.63, 3.8) is 0 Å². The molecule has 0 aromatic carbocycles. The van der Waals surface area contributed by atoms with Gasteiger partial charge in [0, 0.05) is 24.7 Å². The van der Waals surface area contributed by atoms with E-state index in [1.54, 1.807) is 6.20 Å². The van der Waals surface area contributed by atoms with Gasteiger partial charge in [0.25, 0.3) is 10.0 Å². The maximum absolute atomic E-state index is 12.3. The number of sulfonamides is 1. The van der Waals surface area contributed by atoms with Crippen LogP contribution in [0.3, 0.4) is 0 Å². The monoisotopic (exact) mass is 333 g/mol. The lowest BCUT2D eigenvalue weighted by atomic mass is 9.89. The van der Waals surface area contributed by atoms with E-state index < -0.39 is 10.0 Å². The Morgan fingerprint density at radius 3 is 2.81 bits per heavy atom. The number of rotatable bonds is 6. The van der Waals surface area contributed by atoms with Crippen molar-refractivity contribution in [3.05, 3.63) is 12.0 Å². The first-order chi connectivity index (χ1) is 9.94. The highest BCUT2D eigenvalue weighted by molar-refractivity contribution is 7.89. The normalized spacial score (nSPS) is 23.4. The number of imidazole rings is 1. The molecular weight excluding hydrogens is 310 g/mol. The number of hydrogen-bond acceptors (Lipinski definition) is 3. The third kappa shape index (κ3) is 4.20. The van der Waals surface area contributed by atoms with Crippen LogP contribution in [0.25, 0.3) is 0 Å². The van der Waals surface area contributed by atoms with E-state index in [1.165, 1.54) is 0 Å². The molecule has 1 saturated carbocycles. The zero-order valence-electron chi connectivity index (χ0n) is 12.7. The van der Waals surface area contributed by atoms with Crippen molar-refractivity contribution in [1.29, 1.82) is 0 Å². The molecule has 1 aromatic rings. The molecule has 1 aliphatic rings. The van der Waals surface area contributed by atoms with Crippen LogP contribution in [0, 0.1) is 12.8 Å². The molecule has 1 heterocycles. The van der Waals surface area contributed by atoms with E-state index in [4.69, 9.17) is 11.6 Å². The quantitative estimate of drug-likeness (QED) is 0.814. The van der Waals surface area contributed by atoms with E-state index in [1.807, 2.05) is 11.5 Å². The minimum Gasteiger partial charge on any atom is -0.334 e. The Morgan fingerprint density at radius 2 is 2.14 bits per heavy atom. The first-order valence-corrected chi connectivity index (χ1v) is 9.53. The summed E-state index contributed by atoms with van der Waals surface area (Å²) in [6.45, 7) is 5.05. The fourth-order valence-corrected chi connectivity index (χ4v) is 4.23. The van der Waals surface area contributed by atoms with Gasteiger partial charge in [-0.1, -0.05) is 19.8 Å². The average molecular weight is 334 g/mol. The Balaban J connectivity index is 2.02. The molecule has 1 aliphatic carbocycles. The van der Waals surface area contributed by atoms with E-state index >= 15 is 0 Å². The summed E-state index contributed by atoms with van der Waals surface area (Å²) in [6.07, 6.45) is 6.77. The van der Waals surface area contributed by atoms with Crippen LogP contribution in [-0.4, -0.2) is 29.9 Å². The van der Waals surface area contributed by atoms with Gasteiger partial charge in [0.1, 0.15) is 5.82 Å². The SMILES string of the molecule is CCCn1cc(S(=O)(=O)NCC2CCCCC2Cl)nc1C. The zero-order chi connectivity index (χ0) is 15.5. The van der Waals surface area contributed by atoms with Gasteiger partial charge < -0.3 is 4.57 Å². The molecule has 21 heavy (non-hydrogen) atoms. The van der Waals surface area contributed by atoms with Crippen molar-refractivity contribution in [2.45, 2.75) is 62.9 Å². The van der Waals surface area contributed by atoms with Gasteiger partial charge in [0.15, 0.2) is 5.03 Å². The average Bonchev–Trinajstić information content (AvgIpc) is 2.81. The number of hydrogen-bond donors (Lipinski definition) is 1. The topological polar surface area (TPSA) is 64.0 Å². The van der Waals surface area contributed by atoms with Crippen LogP contribution in [0.4, 0.5) is 0 Å². The van der Waals surface area contributed by atoms with Gasteiger partial charge >= 0.3 is 0 Å². The summed E-state index contributed by atoms with van der Waals surface area (Å²) in [5, 5.41) is 0.177. The van der Waals surface area contributed by atoms with Crippen LogP contribution in [0.15, 0.2) is 11.2 Å². The number of aryl methyl sites for hydroxylation is 2. The zero-order valence-corrected chi connectivity index (χ0v) is 14.3. The molecule has 7 heteroatoms. The molecule has 0 radical (unpaired) electrons. The van der Waals surface area contributed by atoms with E-state index in [2.05, 4.69) is 16.6 Å². The molecule has 120 valence electrons. The highest BCUT2D eigenvalue weighted by Gasteiger charge is 2.26. The Hall–Kier alpha value is -0.590. The summed E-state index contributed by atoms with van der Waals surface area (Å²) in [5.41, 5.74) is 0. The van der Waals surface area contributed by atoms with Crippen molar-refractivity contribution in [2.75, 3.05) is 6.54 Å². The van der Waals surface area contributed by atoms with Gasteiger partial charge in [0.05, 0.1) is 0 Å². The second-order valence-corrected chi connectivity index (χ2v) is 8.01. The van der Waals surface area contributed by atoms with Gasteiger partial charge in [0.2, 0.25) is 0 Å². The maximum Gasteiger partial charge on any atom is 0.259 e. The van der Waals surface area contributed by atoms with Crippen LogP contribution in [0.2, 0.25) is 0 Å². The number of nitrogens with zero attached hydrogens (tertiary/aromatic N) is 2. The highest BCUT2D eigenvalue weighted by Crippen LogP contribution is 2.28. The van der Waals surface area contributed by atoms with Crippen molar-refractivity contribution in [1.82, 2.24) is 14.3 Å². The molecule has 1 aromatic heterocycles. The minimum absolute atomic E-state index is 0.0702. The second-order valence-electron chi connectivity index (χ2n) is 5.73. The van der Waals surface area contributed by atoms with Crippen LogP contribution in [0.1, 0.15) is 44.9 Å². The summed E-state index contributed by atoms with van der Waals surface area (Å²) in [5.74, 6) is 0.944. The number of alkyl halides is 1.